The Kier molecular flexibility index (Phi) is 6.43. The molecule has 8 heteroatoms. The van der Waals surface area contributed by atoms with Crippen LogP contribution < -0.4 is 19.7 Å². The normalized spacial score (nSPS) is 13.7. The van der Waals surface area contributed by atoms with E-state index < -0.39 is 6.09 Å². The van der Waals surface area contributed by atoms with E-state index in [1.165, 1.54) is 4.90 Å². The molecule has 2 aromatic rings. The van der Waals surface area contributed by atoms with Crippen molar-refractivity contribution in [3.8, 4) is 11.5 Å². The molecule has 3 rings (SSSR count). The van der Waals surface area contributed by atoms with Crippen LogP contribution in [0.5, 0.6) is 11.5 Å². The summed E-state index contributed by atoms with van der Waals surface area (Å²) in [5.41, 5.74) is 2.42. The molecule has 1 aliphatic heterocycles. The average Bonchev–Trinajstić information content (AvgIpc) is 2.77. The van der Waals surface area contributed by atoms with Crippen LogP contribution in [0.3, 0.4) is 0 Å². The molecule has 154 valence electrons. The Bertz CT molecular complexity index is 839. The molecule has 0 aliphatic carbocycles. The van der Waals surface area contributed by atoms with Crippen LogP contribution in [0.2, 0.25) is 0 Å². The summed E-state index contributed by atoms with van der Waals surface area (Å²) in [6.45, 7) is 2.57. The molecule has 8 nitrogen and oxygen atoms in total. The Morgan fingerprint density at radius 3 is 2.07 bits per heavy atom. The number of rotatable bonds is 6. The summed E-state index contributed by atoms with van der Waals surface area (Å²) >= 11 is 0. The molecule has 1 aliphatic rings. The lowest BCUT2D eigenvalue weighted by Gasteiger charge is -2.34. The lowest BCUT2D eigenvalue weighted by molar-refractivity contribution is 0.0950. The van der Waals surface area contributed by atoms with Crippen molar-refractivity contribution in [2.24, 2.45) is 0 Å². The van der Waals surface area contributed by atoms with Crippen LogP contribution in [0, 0.1) is 0 Å². The van der Waals surface area contributed by atoms with Crippen molar-refractivity contribution < 1.29 is 24.2 Å². The number of nitrogens with one attached hydrogen (secondary N) is 1. The standard InChI is InChI=1S/C21H25N3O5/c1-28-18-11-15(12-19(13-18)29-2)14-22-20(25)16-3-5-17(6-4-16)23-7-9-24(10-8-23)21(26)27/h3-6,11-13H,7-10,14H2,1-2H3,(H,22,25)(H,26,27). The predicted molar refractivity (Wildman–Crippen MR) is 109 cm³/mol. The van der Waals surface area contributed by atoms with E-state index in [0.29, 0.717) is 49.8 Å². The Morgan fingerprint density at radius 1 is 0.966 bits per heavy atom. The fraction of sp³-hybridized carbons (Fsp3) is 0.333. The van der Waals surface area contributed by atoms with Crippen LogP contribution in [0.1, 0.15) is 15.9 Å². The van der Waals surface area contributed by atoms with Gasteiger partial charge in [0.1, 0.15) is 11.5 Å². The number of piperazine rings is 1. The molecule has 0 unspecified atom stereocenters. The van der Waals surface area contributed by atoms with E-state index in [9.17, 15) is 9.59 Å². The second-order valence-electron chi connectivity index (χ2n) is 6.71. The zero-order valence-corrected chi connectivity index (χ0v) is 16.6. The third kappa shape index (κ3) is 5.10. The summed E-state index contributed by atoms with van der Waals surface area (Å²) in [7, 11) is 3.17. The first-order valence-corrected chi connectivity index (χ1v) is 9.33. The first-order valence-electron chi connectivity index (χ1n) is 9.33. The van der Waals surface area contributed by atoms with Gasteiger partial charge in [0.2, 0.25) is 0 Å². The average molecular weight is 399 g/mol. The van der Waals surface area contributed by atoms with Gasteiger partial charge < -0.3 is 29.7 Å². The van der Waals surface area contributed by atoms with Gasteiger partial charge in [-0.25, -0.2) is 4.79 Å². The maximum absolute atomic E-state index is 12.5. The van der Waals surface area contributed by atoms with Crippen molar-refractivity contribution in [3.63, 3.8) is 0 Å². The molecule has 0 aromatic heterocycles. The lowest BCUT2D eigenvalue weighted by atomic mass is 10.1. The molecule has 0 saturated carbocycles. The van der Waals surface area contributed by atoms with Gasteiger partial charge in [-0.05, 0) is 42.0 Å². The number of anilines is 1. The molecule has 0 radical (unpaired) electrons. The number of hydrogen-bond donors (Lipinski definition) is 2. The van der Waals surface area contributed by atoms with Crippen LogP contribution in [-0.2, 0) is 6.54 Å². The highest BCUT2D eigenvalue weighted by atomic mass is 16.5. The number of nitrogens with zero attached hydrogens (tertiary/aromatic N) is 2. The van der Waals surface area contributed by atoms with Crippen molar-refractivity contribution in [3.05, 3.63) is 53.6 Å². The van der Waals surface area contributed by atoms with Gasteiger partial charge in [0.05, 0.1) is 14.2 Å². The highest BCUT2D eigenvalue weighted by Gasteiger charge is 2.20. The second-order valence-corrected chi connectivity index (χ2v) is 6.71. The van der Waals surface area contributed by atoms with Gasteiger partial charge in [0.25, 0.3) is 5.91 Å². The largest absolute Gasteiger partial charge is 0.497 e. The smallest absolute Gasteiger partial charge is 0.407 e. The Labute approximate surface area is 169 Å². The van der Waals surface area contributed by atoms with Crippen LogP contribution in [0.25, 0.3) is 0 Å². The topological polar surface area (TPSA) is 91.3 Å². The van der Waals surface area contributed by atoms with Crippen molar-refractivity contribution in [2.45, 2.75) is 6.54 Å². The molecule has 2 aromatic carbocycles. The number of amides is 2. The molecule has 1 fully saturated rings. The summed E-state index contributed by atoms with van der Waals surface area (Å²) in [5, 5.41) is 11.9. The van der Waals surface area contributed by atoms with Gasteiger partial charge in [-0.15, -0.1) is 0 Å². The van der Waals surface area contributed by atoms with Gasteiger partial charge in [-0.2, -0.15) is 0 Å². The SMILES string of the molecule is COc1cc(CNC(=O)c2ccc(N3CCN(C(=O)O)CC3)cc2)cc(OC)c1. The number of carbonyl (C=O) groups excluding carboxylic acids is 1. The van der Waals surface area contributed by atoms with Crippen molar-refractivity contribution in [1.29, 1.82) is 0 Å². The third-order valence-electron chi connectivity index (χ3n) is 4.91. The second kappa shape index (κ2) is 9.18. The van der Waals surface area contributed by atoms with E-state index in [2.05, 4.69) is 10.2 Å². The van der Waals surface area contributed by atoms with Gasteiger partial charge in [-0.1, -0.05) is 0 Å². The minimum Gasteiger partial charge on any atom is -0.497 e. The van der Waals surface area contributed by atoms with E-state index in [4.69, 9.17) is 14.6 Å². The van der Waals surface area contributed by atoms with E-state index >= 15 is 0 Å². The predicted octanol–water partition coefficient (Wildman–Crippen LogP) is 2.43. The van der Waals surface area contributed by atoms with Crippen molar-refractivity contribution in [1.82, 2.24) is 10.2 Å². The molecule has 0 spiro atoms. The highest BCUT2D eigenvalue weighted by Crippen LogP contribution is 2.22. The van der Waals surface area contributed by atoms with Crippen molar-refractivity contribution in [2.75, 3.05) is 45.3 Å². The number of hydrogen-bond acceptors (Lipinski definition) is 5. The maximum atomic E-state index is 12.5. The minimum atomic E-state index is -0.884. The fourth-order valence-corrected chi connectivity index (χ4v) is 3.23. The van der Waals surface area contributed by atoms with E-state index in [1.807, 2.05) is 24.3 Å². The molecule has 1 saturated heterocycles. The molecule has 2 N–H and O–H groups in total. The molecule has 1 heterocycles. The monoisotopic (exact) mass is 399 g/mol. The van der Waals surface area contributed by atoms with E-state index in [0.717, 1.165) is 11.3 Å². The van der Waals surface area contributed by atoms with Crippen LogP contribution in [0.15, 0.2) is 42.5 Å². The number of benzene rings is 2. The van der Waals surface area contributed by atoms with E-state index in [-0.39, 0.29) is 5.91 Å². The Morgan fingerprint density at radius 2 is 1.55 bits per heavy atom. The number of ether oxygens (including phenoxy) is 2. The Balaban J connectivity index is 1.58. The van der Waals surface area contributed by atoms with Crippen molar-refractivity contribution >= 4 is 17.7 Å². The summed E-state index contributed by atoms with van der Waals surface area (Å²) in [6, 6.07) is 12.8. The lowest BCUT2D eigenvalue weighted by Crippen LogP contribution is -2.48. The van der Waals surface area contributed by atoms with Gasteiger partial charge in [0, 0.05) is 50.0 Å². The van der Waals surface area contributed by atoms with Crippen LogP contribution >= 0.6 is 0 Å². The van der Waals surface area contributed by atoms with Crippen LogP contribution in [-0.4, -0.2) is 62.4 Å². The summed E-state index contributed by atoms with van der Waals surface area (Å²) in [6.07, 6.45) is -0.884. The molecular weight excluding hydrogens is 374 g/mol. The van der Waals surface area contributed by atoms with Gasteiger partial charge in [0.15, 0.2) is 0 Å². The summed E-state index contributed by atoms with van der Waals surface area (Å²) in [5.74, 6) is 1.16. The van der Waals surface area contributed by atoms with E-state index in [1.54, 1.807) is 32.4 Å². The quantitative estimate of drug-likeness (QED) is 0.775. The van der Waals surface area contributed by atoms with Gasteiger partial charge in [-0.3, -0.25) is 4.79 Å². The zero-order chi connectivity index (χ0) is 20.8. The van der Waals surface area contributed by atoms with Crippen LogP contribution in [0.4, 0.5) is 10.5 Å². The summed E-state index contributed by atoms with van der Waals surface area (Å²) < 4.78 is 10.5. The first kappa shape index (κ1) is 20.3. The fourth-order valence-electron chi connectivity index (χ4n) is 3.23. The number of carbonyl (C=O) groups is 2. The highest BCUT2D eigenvalue weighted by molar-refractivity contribution is 5.94. The minimum absolute atomic E-state index is 0.172. The number of methoxy groups -OCH3 is 2. The molecular formula is C21H25N3O5. The molecule has 0 atom stereocenters. The molecule has 2 amide bonds. The maximum Gasteiger partial charge on any atom is 0.407 e. The van der Waals surface area contributed by atoms with Gasteiger partial charge >= 0.3 is 6.09 Å². The molecule has 0 bridgehead atoms. The number of carboxylic acid groups (broad SMARTS) is 1. The Hall–Kier alpha value is -3.42. The molecule has 29 heavy (non-hydrogen) atoms. The third-order valence-corrected chi connectivity index (χ3v) is 4.91. The zero-order valence-electron chi connectivity index (χ0n) is 16.6. The first-order chi connectivity index (χ1) is 14.0. The summed E-state index contributed by atoms with van der Waals surface area (Å²) in [4.78, 5) is 27.0.